The summed E-state index contributed by atoms with van der Waals surface area (Å²) in [5.41, 5.74) is 4.24. The Morgan fingerprint density at radius 2 is 1.76 bits per heavy atom. The van der Waals surface area contributed by atoms with E-state index >= 15 is 0 Å². The van der Waals surface area contributed by atoms with E-state index in [0.717, 1.165) is 16.7 Å². The van der Waals surface area contributed by atoms with E-state index in [9.17, 15) is 13.2 Å². The number of amides is 1. The van der Waals surface area contributed by atoms with E-state index in [2.05, 4.69) is 23.5 Å². The Balaban J connectivity index is 1.56. The van der Waals surface area contributed by atoms with Gasteiger partial charge in [0.2, 0.25) is 15.9 Å². The summed E-state index contributed by atoms with van der Waals surface area (Å²) in [6.45, 7) is 6.88. The van der Waals surface area contributed by atoms with Gasteiger partial charge in [0.15, 0.2) is 0 Å². The van der Waals surface area contributed by atoms with Crippen molar-refractivity contribution in [1.82, 2.24) is 9.62 Å². The van der Waals surface area contributed by atoms with Crippen molar-refractivity contribution in [2.45, 2.75) is 45.4 Å². The minimum Gasteiger partial charge on any atom is -0.349 e. The van der Waals surface area contributed by atoms with Crippen molar-refractivity contribution in [3.63, 3.8) is 0 Å². The number of rotatable bonds is 6. The molecule has 5 nitrogen and oxygen atoms in total. The lowest BCUT2D eigenvalue weighted by Crippen LogP contribution is -2.43. The minimum atomic E-state index is -3.36. The van der Waals surface area contributed by atoms with Gasteiger partial charge in [0.05, 0.1) is 11.8 Å². The van der Waals surface area contributed by atoms with Crippen LogP contribution in [0.25, 0.3) is 0 Å². The highest BCUT2D eigenvalue weighted by Gasteiger charge is 2.31. The summed E-state index contributed by atoms with van der Waals surface area (Å²) in [7, 11) is -3.36. The van der Waals surface area contributed by atoms with Gasteiger partial charge >= 0.3 is 0 Å². The van der Waals surface area contributed by atoms with E-state index < -0.39 is 10.0 Å². The predicted molar refractivity (Wildman–Crippen MR) is 116 cm³/mol. The van der Waals surface area contributed by atoms with Crippen molar-refractivity contribution in [1.29, 1.82) is 0 Å². The molecule has 1 saturated heterocycles. The van der Waals surface area contributed by atoms with Gasteiger partial charge in [-0.3, -0.25) is 4.79 Å². The summed E-state index contributed by atoms with van der Waals surface area (Å²) in [6.07, 6.45) is 1.11. The standard InChI is InChI=1S/C23H30N2O3S/c1-17-9-10-18(2)22(15-17)19(3)24-23(26)21-11-13-25(14-12-21)29(27,28)16-20-7-5-4-6-8-20/h4-10,15,19,21H,11-14,16H2,1-3H3,(H,24,26). The summed E-state index contributed by atoms with van der Waals surface area (Å²) in [5, 5.41) is 3.12. The van der Waals surface area contributed by atoms with Crippen LogP contribution in [0, 0.1) is 19.8 Å². The Kier molecular flexibility index (Phi) is 6.75. The molecule has 1 amide bonds. The average molecular weight is 415 g/mol. The predicted octanol–water partition coefficient (Wildman–Crippen LogP) is 3.72. The molecule has 0 aromatic heterocycles. The molecular formula is C23H30N2O3S. The van der Waals surface area contributed by atoms with Crippen LogP contribution in [0.15, 0.2) is 48.5 Å². The minimum absolute atomic E-state index is 0.00831. The number of carbonyl (C=O) groups excluding carboxylic acids is 1. The van der Waals surface area contributed by atoms with Crippen LogP contribution >= 0.6 is 0 Å². The number of nitrogens with one attached hydrogen (secondary N) is 1. The van der Waals surface area contributed by atoms with Crippen LogP contribution in [-0.2, 0) is 20.6 Å². The first-order chi connectivity index (χ1) is 13.8. The summed E-state index contributed by atoms with van der Waals surface area (Å²) in [5.74, 6) is -0.127. The van der Waals surface area contributed by atoms with Crippen LogP contribution in [0.5, 0.6) is 0 Å². The number of nitrogens with zero attached hydrogens (tertiary/aromatic N) is 1. The first kappa shape index (κ1) is 21.5. The number of sulfonamides is 1. The molecule has 0 radical (unpaired) electrons. The van der Waals surface area contributed by atoms with Gasteiger partial charge in [-0.15, -0.1) is 0 Å². The number of carbonyl (C=O) groups is 1. The molecular weight excluding hydrogens is 384 g/mol. The van der Waals surface area contributed by atoms with Crippen molar-refractivity contribution in [3.05, 3.63) is 70.8 Å². The first-order valence-corrected chi connectivity index (χ1v) is 11.8. The highest BCUT2D eigenvalue weighted by atomic mass is 32.2. The van der Waals surface area contributed by atoms with Crippen LogP contribution < -0.4 is 5.32 Å². The second-order valence-corrected chi connectivity index (χ2v) is 9.97. The van der Waals surface area contributed by atoms with Crippen molar-refractivity contribution in [2.24, 2.45) is 5.92 Å². The molecule has 6 heteroatoms. The Bertz CT molecular complexity index is 949. The maximum Gasteiger partial charge on any atom is 0.223 e. The lowest BCUT2D eigenvalue weighted by molar-refractivity contribution is -0.126. The molecule has 1 fully saturated rings. The monoisotopic (exact) mass is 414 g/mol. The summed E-state index contributed by atoms with van der Waals surface area (Å²) in [4.78, 5) is 12.7. The zero-order chi connectivity index (χ0) is 21.0. The number of aryl methyl sites for hydroxylation is 2. The van der Waals surface area contributed by atoms with Crippen molar-refractivity contribution >= 4 is 15.9 Å². The van der Waals surface area contributed by atoms with E-state index in [1.807, 2.05) is 51.1 Å². The van der Waals surface area contributed by atoms with E-state index in [1.54, 1.807) is 0 Å². The van der Waals surface area contributed by atoms with E-state index in [-0.39, 0.29) is 23.6 Å². The molecule has 1 N–H and O–H groups in total. The smallest absolute Gasteiger partial charge is 0.223 e. The second kappa shape index (κ2) is 9.09. The van der Waals surface area contributed by atoms with E-state index in [0.29, 0.717) is 25.9 Å². The van der Waals surface area contributed by atoms with Crippen molar-refractivity contribution in [2.75, 3.05) is 13.1 Å². The molecule has 1 aliphatic rings. The van der Waals surface area contributed by atoms with Crippen molar-refractivity contribution < 1.29 is 13.2 Å². The molecule has 0 spiro atoms. The Hall–Kier alpha value is -2.18. The van der Waals surface area contributed by atoms with Gasteiger partial charge in [-0.2, -0.15) is 0 Å². The number of benzene rings is 2. The molecule has 3 rings (SSSR count). The molecule has 1 unspecified atom stereocenters. The number of hydrogen-bond acceptors (Lipinski definition) is 3. The average Bonchev–Trinajstić information content (AvgIpc) is 2.70. The van der Waals surface area contributed by atoms with Crippen LogP contribution in [-0.4, -0.2) is 31.7 Å². The van der Waals surface area contributed by atoms with E-state index in [1.165, 1.54) is 9.87 Å². The maximum absolute atomic E-state index is 12.7. The Labute approximate surface area is 174 Å². The highest BCUT2D eigenvalue weighted by molar-refractivity contribution is 7.88. The Morgan fingerprint density at radius 1 is 1.10 bits per heavy atom. The lowest BCUT2D eigenvalue weighted by Gasteiger charge is -2.31. The SMILES string of the molecule is Cc1ccc(C)c(C(C)NC(=O)C2CCN(S(=O)(=O)Cc3ccccc3)CC2)c1. The lowest BCUT2D eigenvalue weighted by atomic mass is 9.95. The maximum atomic E-state index is 12.7. The zero-order valence-corrected chi connectivity index (χ0v) is 18.2. The summed E-state index contributed by atoms with van der Waals surface area (Å²) < 4.78 is 26.9. The first-order valence-electron chi connectivity index (χ1n) is 10.2. The van der Waals surface area contributed by atoms with Gasteiger partial charge in [-0.25, -0.2) is 12.7 Å². The molecule has 0 saturated carbocycles. The molecule has 2 aromatic carbocycles. The molecule has 156 valence electrons. The van der Waals surface area contributed by atoms with Crippen LogP contribution in [0.3, 0.4) is 0 Å². The van der Waals surface area contributed by atoms with Gasteiger partial charge in [-0.05, 0) is 50.3 Å². The zero-order valence-electron chi connectivity index (χ0n) is 17.4. The largest absolute Gasteiger partial charge is 0.349 e. The fourth-order valence-electron chi connectivity index (χ4n) is 3.91. The third kappa shape index (κ3) is 5.46. The van der Waals surface area contributed by atoms with Crippen molar-refractivity contribution in [3.8, 4) is 0 Å². The molecule has 2 aromatic rings. The quantitative estimate of drug-likeness (QED) is 0.783. The van der Waals surface area contributed by atoms with Gasteiger partial charge in [-0.1, -0.05) is 54.1 Å². The molecule has 1 heterocycles. The molecule has 0 aliphatic carbocycles. The van der Waals surface area contributed by atoms with Gasteiger partial charge in [0.25, 0.3) is 0 Å². The Morgan fingerprint density at radius 3 is 2.41 bits per heavy atom. The molecule has 1 atom stereocenters. The van der Waals surface area contributed by atoms with Gasteiger partial charge < -0.3 is 5.32 Å². The van der Waals surface area contributed by atoms with Gasteiger partial charge in [0, 0.05) is 19.0 Å². The topological polar surface area (TPSA) is 66.5 Å². The summed E-state index contributed by atoms with van der Waals surface area (Å²) in [6, 6.07) is 15.4. The van der Waals surface area contributed by atoms with E-state index in [4.69, 9.17) is 0 Å². The number of hydrogen-bond donors (Lipinski definition) is 1. The number of piperidine rings is 1. The highest BCUT2D eigenvalue weighted by Crippen LogP contribution is 2.24. The fraction of sp³-hybridized carbons (Fsp3) is 0.435. The fourth-order valence-corrected chi connectivity index (χ4v) is 5.47. The normalized spacial score (nSPS) is 17.1. The van der Waals surface area contributed by atoms with Gasteiger partial charge in [0.1, 0.15) is 0 Å². The van der Waals surface area contributed by atoms with Crippen LogP contribution in [0.2, 0.25) is 0 Å². The van der Waals surface area contributed by atoms with Crippen LogP contribution in [0.1, 0.15) is 48.1 Å². The molecule has 0 bridgehead atoms. The third-order valence-electron chi connectivity index (χ3n) is 5.67. The summed E-state index contributed by atoms with van der Waals surface area (Å²) >= 11 is 0. The molecule has 29 heavy (non-hydrogen) atoms. The third-order valence-corrected chi connectivity index (χ3v) is 7.52. The molecule has 1 aliphatic heterocycles. The second-order valence-electron chi connectivity index (χ2n) is 8.01. The van der Waals surface area contributed by atoms with Crippen LogP contribution in [0.4, 0.5) is 0 Å².